The summed E-state index contributed by atoms with van der Waals surface area (Å²) in [4.78, 5) is 40.5. The average Bonchev–Trinajstić information content (AvgIpc) is 2.83. The highest BCUT2D eigenvalue weighted by atomic mass is 16.6. The highest BCUT2D eigenvalue weighted by Gasteiger charge is 2.41. The van der Waals surface area contributed by atoms with Crippen molar-refractivity contribution in [3.63, 3.8) is 0 Å². The molecule has 1 aliphatic rings. The van der Waals surface area contributed by atoms with Crippen LogP contribution in [0.25, 0.3) is 0 Å². The lowest BCUT2D eigenvalue weighted by Crippen LogP contribution is -2.35. The second kappa shape index (κ2) is 9.88. The molecule has 184 valence electrons. The van der Waals surface area contributed by atoms with Gasteiger partial charge in [0.25, 0.3) is 0 Å². The van der Waals surface area contributed by atoms with Crippen molar-refractivity contribution in [2.45, 2.75) is 19.8 Å². The van der Waals surface area contributed by atoms with E-state index in [0.717, 1.165) is 17.8 Å². The summed E-state index contributed by atoms with van der Waals surface area (Å²) < 4.78 is 10.1. The Kier molecular flexibility index (Phi) is 7.14. The minimum Gasteiger partial charge on any atom is -0.502 e. The molecule has 0 aromatic heterocycles. The van der Waals surface area contributed by atoms with E-state index in [0.29, 0.717) is 17.1 Å². The maximum atomic E-state index is 13.1. The van der Waals surface area contributed by atoms with E-state index < -0.39 is 34.2 Å². The number of anilines is 2. The van der Waals surface area contributed by atoms with Gasteiger partial charge in [-0.25, -0.2) is 9.59 Å². The van der Waals surface area contributed by atoms with Crippen LogP contribution in [0.3, 0.4) is 0 Å². The number of nitro groups is 1. The molecule has 0 amide bonds. The van der Waals surface area contributed by atoms with Crippen LogP contribution in [0.2, 0.25) is 0 Å². The van der Waals surface area contributed by atoms with Crippen molar-refractivity contribution in [2.24, 2.45) is 0 Å². The van der Waals surface area contributed by atoms with Gasteiger partial charge in [-0.1, -0.05) is 6.07 Å². The average molecular weight is 482 g/mol. The van der Waals surface area contributed by atoms with E-state index in [4.69, 9.17) is 9.47 Å². The Hall–Kier alpha value is -4.34. The molecule has 0 aliphatic carbocycles. The molecule has 0 saturated carbocycles. The maximum absolute atomic E-state index is 13.1. The second-order valence-electron chi connectivity index (χ2n) is 8.17. The van der Waals surface area contributed by atoms with Crippen LogP contribution in [0.4, 0.5) is 17.1 Å². The third kappa shape index (κ3) is 4.54. The van der Waals surface area contributed by atoms with Crippen molar-refractivity contribution in [3.8, 4) is 5.75 Å². The van der Waals surface area contributed by atoms with E-state index in [2.05, 4.69) is 0 Å². The lowest BCUT2D eigenvalue weighted by atomic mass is 9.79. The van der Waals surface area contributed by atoms with E-state index in [-0.39, 0.29) is 16.7 Å². The summed E-state index contributed by atoms with van der Waals surface area (Å²) in [7, 11) is 6.27. The quantitative estimate of drug-likeness (QED) is 0.372. The van der Waals surface area contributed by atoms with E-state index in [1.165, 1.54) is 20.3 Å². The van der Waals surface area contributed by atoms with E-state index in [1.54, 1.807) is 18.7 Å². The predicted molar refractivity (Wildman–Crippen MR) is 130 cm³/mol. The number of rotatable bonds is 6. The summed E-state index contributed by atoms with van der Waals surface area (Å²) in [5.41, 5.74) is 2.59. The van der Waals surface area contributed by atoms with Gasteiger partial charge in [0, 0.05) is 42.9 Å². The van der Waals surface area contributed by atoms with E-state index in [9.17, 15) is 24.8 Å². The lowest BCUT2D eigenvalue weighted by molar-refractivity contribution is -0.385. The molecule has 35 heavy (non-hydrogen) atoms. The standard InChI is InChI=1S/C25H27N3O7/c1-14-21(24(30)34-5)23(16-7-12-20(29)19(13-16)28(32)33)22(25(31)35-6)15(2)27(14)18-10-8-17(9-11-18)26(3)4/h7-13,23,29H,1-6H3. The summed E-state index contributed by atoms with van der Waals surface area (Å²) in [6, 6.07) is 11.3. The van der Waals surface area contributed by atoms with Crippen molar-refractivity contribution < 1.29 is 29.1 Å². The van der Waals surface area contributed by atoms with Gasteiger partial charge in [0.2, 0.25) is 0 Å². The SMILES string of the molecule is COC(=O)C1=C(C)N(c2ccc(N(C)C)cc2)C(C)=C(C(=O)OC)C1c1ccc(O)c([N+](=O)[O-])c1. The zero-order valence-corrected chi connectivity index (χ0v) is 20.4. The number of nitrogens with zero attached hydrogens (tertiary/aromatic N) is 3. The highest BCUT2D eigenvalue weighted by molar-refractivity contribution is 6.01. The second-order valence-corrected chi connectivity index (χ2v) is 8.17. The van der Waals surface area contributed by atoms with Crippen LogP contribution in [-0.2, 0) is 19.1 Å². The summed E-state index contributed by atoms with van der Waals surface area (Å²) in [5, 5.41) is 21.4. The molecule has 2 aromatic carbocycles. The molecule has 1 aliphatic heterocycles. The van der Waals surface area contributed by atoms with Gasteiger partial charge >= 0.3 is 17.6 Å². The Morgan fingerprint density at radius 2 is 1.49 bits per heavy atom. The molecule has 0 bridgehead atoms. The molecule has 0 fully saturated rings. The number of phenolic OH excluding ortho intramolecular Hbond substituents is 1. The van der Waals surface area contributed by atoms with Gasteiger partial charge in [0.1, 0.15) is 0 Å². The van der Waals surface area contributed by atoms with Crippen LogP contribution in [-0.4, -0.2) is 50.3 Å². The monoisotopic (exact) mass is 481 g/mol. The number of carbonyl (C=O) groups excluding carboxylic acids is 2. The molecule has 10 heteroatoms. The number of nitro benzene ring substituents is 1. The summed E-state index contributed by atoms with van der Waals surface area (Å²) in [6.45, 7) is 3.43. The predicted octanol–water partition coefficient (Wildman–Crippen LogP) is 3.86. The number of ether oxygens (including phenoxy) is 2. The number of benzene rings is 2. The molecule has 3 rings (SSSR count). The summed E-state index contributed by atoms with van der Waals surface area (Å²) in [5.74, 6) is -2.96. The van der Waals surface area contributed by atoms with Crippen LogP contribution in [0.15, 0.2) is 65.0 Å². The molecule has 1 N–H and O–H groups in total. The van der Waals surface area contributed by atoms with Crippen molar-refractivity contribution in [1.29, 1.82) is 0 Å². The Morgan fingerprint density at radius 1 is 0.971 bits per heavy atom. The minimum absolute atomic E-state index is 0.121. The molecular formula is C25H27N3O7. The number of allylic oxidation sites excluding steroid dienone is 2. The molecule has 0 atom stereocenters. The van der Waals surface area contributed by atoms with Gasteiger partial charge in [0.05, 0.1) is 36.2 Å². The largest absolute Gasteiger partial charge is 0.502 e. The number of hydrogen-bond donors (Lipinski definition) is 1. The zero-order valence-electron chi connectivity index (χ0n) is 20.4. The molecule has 0 spiro atoms. The molecule has 1 heterocycles. The number of esters is 2. The van der Waals surface area contributed by atoms with Crippen LogP contribution in [0.5, 0.6) is 5.75 Å². The highest BCUT2D eigenvalue weighted by Crippen LogP contribution is 2.46. The van der Waals surface area contributed by atoms with E-state index >= 15 is 0 Å². The van der Waals surface area contributed by atoms with Crippen LogP contribution < -0.4 is 9.80 Å². The number of methoxy groups -OCH3 is 2. The molecule has 0 unspecified atom stereocenters. The summed E-state index contributed by atoms with van der Waals surface area (Å²) >= 11 is 0. The number of carbonyl (C=O) groups is 2. The Bertz CT molecular complexity index is 1210. The topological polar surface area (TPSA) is 122 Å². The molecule has 2 aromatic rings. The van der Waals surface area contributed by atoms with E-state index in [1.807, 2.05) is 43.3 Å². The maximum Gasteiger partial charge on any atom is 0.336 e. The summed E-state index contributed by atoms with van der Waals surface area (Å²) in [6.07, 6.45) is 0. The van der Waals surface area contributed by atoms with Gasteiger partial charge in [-0.15, -0.1) is 0 Å². The first-order chi connectivity index (χ1) is 16.5. The fourth-order valence-electron chi connectivity index (χ4n) is 4.29. The zero-order chi connectivity index (χ0) is 26.0. The van der Waals surface area contributed by atoms with Crippen LogP contribution in [0, 0.1) is 10.1 Å². The van der Waals surface area contributed by atoms with Gasteiger partial charge < -0.3 is 24.4 Å². The van der Waals surface area contributed by atoms with Crippen molar-refractivity contribution in [1.82, 2.24) is 0 Å². The molecular weight excluding hydrogens is 454 g/mol. The fourth-order valence-corrected chi connectivity index (χ4v) is 4.29. The minimum atomic E-state index is -1.02. The first-order valence-electron chi connectivity index (χ1n) is 10.7. The number of hydrogen-bond acceptors (Lipinski definition) is 9. The Morgan fingerprint density at radius 3 is 1.91 bits per heavy atom. The van der Waals surface area contributed by atoms with Crippen molar-refractivity contribution in [3.05, 3.63) is 80.7 Å². The van der Waals surface area contributed by atoms with Crippen LogP contribution in [0.1, 0.15) is 25.3 Å². The van der Waals surface area contributed by atoms with Gasteiger partial charge in [-0.3, -0.25) is 10.1 Å². The molecule has 10 nitrogen and oxygen atoms in total. The number of aromatic hydroxyl groups is 1. The van der Waals surface area contributed by atoms with Crippen LogP contribution >= 0.6 is 0 Å². The smallest absolute Gasteiger partial charge is 0.336 e. The lowest BCUT2D eigenvalue weighted by Gasteiger charge is -2.37. The van der Waals surface area contributed by atoms with Gasteiger partial charge in [-0.05, 0) is 49.7 Å². The first-order valence-corrected chi connectivity index (χ1v) is 10.7. The molecule has 0 radical (unpaired) electrons. The van der Waals surface area contributed by atoms with Gasteiger partial charge in [-0.2, -0.15) is 0 Å². The van der Waals surface area contributed by atoms with Gasteiger partial charge in [0.15, 0.2) is 5.75 Å². The normalized spacial score (nSPS) is 14.2. The first kappa shape index (κ1) is 25.3. The third-order valence-electron chi connectivity index (χ3n) is 5.99. The molecule has 0 saturated heterocycles. The Balaban J connectivity index is 2.33. The Labute approximate surface area is 202 Å². The number of phenols is 1. The van der Waals surface area contributed by atoms with Crippen molar-refractivity contribution >= 4 is 29.0 Å². The fraction of sp³-hybridized carbons (Fsp3) is 0.280. The van der Waals surface area contributed by atoms with Crippen molar-refractivity contribution in [2.75, 3.05) is 38.1 Å². The third-order valence-corrected chi connectivity index (χ3v) is 5.99.